The van der Waals surface area contributed by atoms with Crippen LogP contribution >= 0.6 is 11.3 Å². The molecule has 1 heterocycles. The molecule has 0 bridgehead atoms. The highest BCUT2D eigenvalue weighted by atomic mass is 32.1. The Morgan fingerprint density at radius 2 is 2.00 bits per heavy atom. The van der Waals surface area contributed by atoms with Crippen LogP contribution < -0.4 is 15.5 Å². The number of rotatable bonds is 10. The van der Waals surface area contributed by atoms with Crippen molar-refractivity contribution in [3.05, 3.63) is 11.1 Å². The van der Waals surface area contributed by atoms with Gasteiger partial charge >= 0.3 is 0 Å². The van der Waals surface area contributed by atoms with Gasteiger partial charge in [-0.15, -0.1) is 11.3 Å². The predicted molar refractivity (Wildman–Crippen MR) is 102 cm³/mol. The molecule has 0 spiro atoms. The van der Waals surface area contributed by atoms with Gasteiger partial charge in [0.05, 0.1) is 12.2 Å². The maximum Gasteiger partial charge on any atom is 0.191 e. The zero-order valence-corrected chi connectivity index (χ0v) is 16.0. The van der Waals surface area contributed by atoms with Crippen LogP contribution in [0.25, 0.3) is 0 Å². The minimum absolute atomic E-state index is 0.603. The van der Waals surface area contributed by atoms with Crippen LogP contribution in [0.2, 0.25) is 0 Å². The molecule has 0 atom stereocenters. The molecule has 0 fully saturated rings. The highest BCUT2D eigenvalue weighted by Gasteiger charge is 2.04. The van der Waals surface area contributed by atoms with Gasteiger partial charge in [-0.3, -0.25) is 0 Å². The van der Waals surface area contributed by atoms with Gasteiger partial charge in [-0.05, 0) is 26.9 Å². The Balaban J connectivity index is 2.43. The van der Waals surface area contributed by atoms with E-state index in [1.54, 1.807) is 11.3 Å². The Labute approximate surface area is 145 Å². The van der Waals surface area contributed by atoms with Crippen molar-refractivity contribution in [3.63, 3.8) is 0 Å². The lowest BCUT2D eigenvalue weighted by Crippen LogP contribution is -2.41. The summed E-state index contributed by atoms with van der Waals surface area (Å²) in [5.41, 5.74) is 1.01. The first-order valence-electron chi connectivity index (χ1n) is 8.39. The first-order chi connectivity index (χ1) is 11.1. The molecule has 0 aliphatic carbocycles. The first-order valence-corrected chi connectivity index (χ1v) is 9.27. The van der Waals surface area contributed by atoms with E-state index in [1.165, 1.54) is 12.8 Å². The number of unbranched alkanes of at least 4 members (excludes halogenated alkanes) is 1. The van der Waals surface area contributed by atoms with Crippen LogP contribution in [0.4, 0.5) is 5.13 Å². The van der Waals surface area contributed by atoms with Crippen LogP contribution in [-0.2, 0) is 6.54 Å². The van der Waals surface area contributed by atoms with Crippen molar-refractivity contribution >= 4 is 22.4 Å². The predicted octanol–water partition coefficient (Wildman–Crippen LogP) is 2.00. The second-order valence-corrected chi connectivity index (χ2v) is 6.63. The fourth-order valence-electron chi connectivity index (χ4n) is 1.98. The molecular weight excluding hydrogens is 308 g/mol. The van der Waals surface area contributed by atoms with Gasteiger partial charge in [0, 0.05) is 39.1 Å². The maximum atomic E-state index is 4.62. The molecule has 1 aromatic heterocycles. The molecule has 0 amide bonds. The third kappa shape index (κ3) is 8.18. The minimum atomic E-state index is 0.603. The Kier molecular flexibility index (Phi) is 9.63. The lowest BCUT2D eigenvalue weighted by Gasteiger charge is -2.17. The van der Waals surface area contributed by atoms with Gasteiger partial charge in [0.1, 0.15) is 0 Å². The summed E-state index contributed by atoms with van der Waals surface area (Å²) in [5.74, 6) is 0.857. The van der Waals surface area contributed by atoms with Crippen LogP contribution in [0.5, 0.6) is 0 Å². The molecule has 0 aromatic carbocycles. The summed E-state index contributed by atoms with van der Waals surface area (Å²) < 4.78 is 0. The molecule has 6 nitrogen and oxygen atoms in total. The third-order valence-corrected chi connectivity index (χ3v) is 4.40. The minimum Gasteiger partial charge on any atom is -0.357 e. The van der Waals surface area contributed by atoms with E-state index in [4.69, 9.17) is 0 Å². The SMILES string of the molecule is CCCCN(C)CCNC(=NCc1csc(N(C)C)n1)NCC. The summed E-state index contributed by atoms with van der Waals surface area (Å²) in [5, 5.41) is 9.76. The van der Waals surface area contributed by atoms with Gasteiger partial charge in [0.2, 0.25) is 0 Å². The van der Waals surface area contributed by atoms with E-state index in [1.807, 2.05) is 19.0 Å². The average Bonchev–Trinajstić information content (AvgIpc) is 2.99. The molecule has 23 heavy (non-hydrogen) atoms. The molecule has 0 aliphatic rings. The van der Waals surface area contributed by atoms with E-state index < -0.39 is 0 Å². The molecule has 7 heteroatoms. The number of hydrogen-bond acceptors (Lipinski definition) is 5. The molecular formula is C16H32N6S. The molecule has 2 N–H and O–H groups in total. The quantitative estimate of drug-likeness (QED) is 0.504. The number of likely N-dealkylation sites (N-methyl/N-ethyl adjacent to an activating group) is 1. The standard InChI is InChI=1S/C16H32N6S/c1-6-8-10-22(5)11-9-18-15(17-7-2)19-12-14-13-23-16(20-14)21(3)4/h13H,6-12H2,1-5H3,(H2,17,18,19). The largest absolute Gasteiger partial charge is 0.357 e. The molecule has 0 unspecified atom stereocenters. The van der Waals surface area contributed by atoms with Crippen LogP contribution in [0.3, 0.4) is 0 Å². The lowest BCUT2D eigenvalue weighted by molar-refractivity contribution is 0.332. The molecule has 0 radical (unpaired) electrons. The Morgan fingerprint density at radius 3 is 2.61 bits per heavy atom. The summed E-state index contributed by atoms with van der Waals surface area (Å²) in [6.45, 7) is 8.83. The second kappa shape index (κ2) is 11.2. The number of guanidine groups is 1. The van der Waals surface area contributed by atoms with Crippen molar-refractivity contribution in [1.29, 1.82) is 0 Å². The van der Waals surface area contributed by atoms with Crippen LogP contribution in [0.1, 0.15) is 32.4 Å². The number of nitrogens with one attached hydrogen (secondary N) is 2. The van der Waals surface area contributed by atoms with E-state index in [0.717, 1.165) is 43.0 Å². The highest BCUT2D eigenvalue weighted by Crippen LogP contribution is 2.18. The van der Waals surface area contributed by atoms with Gasteiger partial charge in [-0.1, -0.05) is 13.3 Å². The second-order valence-electron chi connectivity index (χ2n) is 5.79. The van der Waals surface area contributed by atoms with Crippen molar-refractivity contribution in [2.24, 2.45) is 4.99 Å². The zero-order valence-electron chi connectivity index (χ0n) is 15.2. The number of anilines is 1. The average molecular weight is 341 g/mol. The summed E-state index contributed by atoms with van der Waals surface area (Å²) >= 11 is 1.65. The van der Waals surface area contributed by atoms with Crippen molar-refractivity contribution in [1.82, 2.24) is 20.5 Å². The number of aromatic nitrogens is 1. The summed E-state index contributed by atoms with van der Waals surface area (Å²) in [6, 6.07) is 0. The molecule has 0 aliphatic heterocycles. The molecule has 0 saturated carbocycles. The monoisotopic (exact) mass is 340 g/mol. The van der Waals surface area contributed by atoms with Gasteiger partial charge in [-0.2, -0.15) is 0 Å². The molecule has 132 valence electrons. The number of nitrogens with zero attached hydrogens (tertiary/aromatic N) is 4. The summed E-state index contributed by atoms with van der Waals surface area (Å²) in [7, 11) is 6.18. The van der Waals surface area contributed by atoms with Gasteiger partial charge in [0.15, 0.2) is 11.1 Å². The topological polar surface area (TPSA) is 55.8 Å². The van der Waals surface area contributed by atoms with Gasteiger partial charge in [0.25, 0.3) is 0 Å². The zero-order chi connectivity index (χ0) is 17.1. The summed E-state index contributed by atoms with van der Waals surface area (Å²) in [6.07, 6.45) is 2.49. The fraction of sp³-hybridized carbons (Fsp3) is 0.750. The maximum absolute atomic E-state index is 4.62. The van der Waals surface area contributed by atoms with E-state index in [9.17, 15) is 0 Å². The summed E-state index contributed by atoms with van der Waals surface area (Å²) in [4.78, 5) is 13.5. The van der Waals surface area contributed by atoms with E-state index >= 15 is 0 Å². The Morgan fingerprint density at radius 1 is 1.22 bits per heavy atom. The first kappa shape index (κ1) is 19.7. The van der Waals surface area contributed by atoms with Crippen molar-refractivity contribution < 1.29 is 0 Å². The van der Waals surface area contributed by atoms with E-state index in [2.05, 4.69) is 51.8 Å². The molecule has 1 aromatic rings. The van der Waals surface area contributed by atoms with Gasteiger partial charge in [-0.25, -0.2) is 9.98 Å². The third-order valence-electron chi connectivity index (χ3n) is 3.34. The molecule has 1 rings (SSSR count). The van der Waals surface area contributed by atoms with E-state index in [0.29, 0.717) is 6.54 Å². The number of aliphatic imine (C=N–C) groups is 1. The Bertz CT molecular complexity index is 457. The smallest absolute Gasteiger partial charge is 0.191 e. The van der Waals surface area contributed by atoms with Crippen molar-refractivity contribution in [2.45, 2.75) is 33.2 Å². The van der Waals surface area contributed by atoms with Crippen LogP contribution in [0.15, 0.2) is 10.4 Å². The normalized spacial score (nSPS) is 11.8. The van der Waals surface area contributed by atoms with Crippen molar-refractivity contribution in [2.75, 3.05) is 52.2 Å². The van der Waals surface area contributed by atoms with Crippen LogP contribution in [-0.4, -0.2) is 63.2 Å². The van der Waals surface area contributed by atoms with Gasteiger partial charge < -0.3 is 20.4 Å². The van der Waals surface area contributed by atoms with E-state index in [-0.39, 0.29) is 0 Å². The lowest BCUT2D eigenvalue weighted by atomic mass is 10.3. The Hall–Kier alpha value is -1.34. The van der Waals surface area contributed by atoms with Crippen LogP contribution in [0, 0.1) is 0 Å². The number of hydrogen-bond donors (Lipinski definition) is 2. The number of thiazole rings is 1. The fourth-order valence-corrected chi connectivity index (χ4v) is 2.73. The molecule has 0 saturated heterocycles. The highest BCUT2D eigenvalue weighted by molar-refractivity contribution is 7.13. The van der Waals surface area contributed by atoms with Crippen molar-refractivity contribution in [3.8, 4) is 0 Å².